The fourth-order valence-electron chi connectivity index (χ4n) is 3.21. The molecule has 5 nitrogen and oxygen atoms in total. The third-order valence-corrected chi connectivity index (χ3v) is 4.49. The molecule has 26 heavy (non-hydrogen) atoms. The molecule has 1 amide bonds. The van der Waals surface area contributed by atoms with E-state index in [1.54, 1.807) is 0 Å². The van der Waals surface area contributed by atoms with Crippen LogP contribution in [-0.4, -0.2) is 42.8 Å². The van der Waals surface area contributed by atoms with Gasteiger partial charge in [0.1, 0.15) is 11.4 Å². The number of carbonyl (C=O) groups is 1. The number of ether oxygens (including phenoxy) is 2. The van der Waals surface area contributed by atoms with Gasteiger partial charge in [-0.15, -0.1) is 0 Å². The van der Waals surface area contributed by atoms with E-state index in [1.807, 2.05) is 45.9 Å². The van der Waals surface area contributed by atoms with Crippen molar-refractivity contribution in [3.05, 3.63) is 28.8 Å². The Morgan fingerprint density at radius 2 is 2.15 bits per heavy atom. The highest BCUT2D eigenvalue weighted by atomic mass is 35.5. The predicted octanol–water partition coefficient (Wildman–Crippen LogP) is 4.48. The normalized spacial score (nSPS) is 18.4. The van der Waals surface area contributed by atoms with Crippen molar-refractivity contribution in [2.24, 2.45) is 5.92 Å². The van der Waals surface area contributed by atoms with E-state index >= 15 is 0 Å². The number of nitrogens with zero attached hydrogens (tertiary/aromatic N) is 1. The SMILES string of the molecule is CCOc1ccc(Cl)cc1CN1CCC[C@@H](CNC(=O)OC(C)(C)C)C1. The van der Waals surface area contributed by atoms with Crippen molar-refractivity contribution in [1.82, 2.24) is 10.2 Å². The van der Waals surface area contributed by atoms with Crippen LogP contribution >= 0.6 is 11.6 Å². The van der Waals surface area contributed by atoms with Gasteiger partial charge in [-0.05, 0) is 71.2 Å². The average Bonchev–Trinajstić information content (AvgIpc) is 2.54. The van der Waals surface area contributed by atoms with Crippen molar-refractivity contribution in [3.63, 3.8) is 0 Å². The van der Waals surface area contributed by atoms with Crippen LogP contribution < -0.4 is 10.1 Å². The van der Waals surface area contributed by atoms with Crippen LogP contribution in [0.15, 0.2) is 18.2 Å². The zero-order valence-electron chi connectivity index (χ0n) is 16.3. The van der Waals surface area contributed by atoms with Crippen LogP contribution in [-0.2, 0) is 11.3 Å². The average molecular weight is 383 g/mol. The van der Waals surface area contributed by atoms with E-state index in [1.165, 1.54) is 0 Å². The van der Waals surface area contributed by atoms with Gasteiger partial charge in [0.25, 0.3) is 0 Å². The number of piperidine rings is 1. The molecule has 1 aliphatic heterocycles. The summed E-state index contributed by atoms with van der Waals surface area (Å²) in [5, 5.41) is 3.63. The summed E-state index contributed by atoms with van der Waals surface area (Å²) < 4.78 is 11.0. The fraction of sp³-hybridized carbons (Fsp3) is 0.650. The van der Waals surface area contributed by atoms with Crippen molar-refractivity contribution in [1.29, 1.82) is 0 Å². The standard InChI is InChI=1S/C20H31ClN2O3/c1-5-25-18-9-8-17(21)11-16(18)14-23-10-6-7-15(13-23)12-22-19(24)26-20(2,3)4/h8-9,11,15H,5-7,10,12-14H2,1-4H3,(H,22,24)/t15-/m0/s1. The Morgan fingerprint density at radius 1 is 1.38 bits per heavy atom. The van der Waals surface area contributed by atoms with E-state index < -0.39 is 5.60 Å². The first-order valence-corrected chi connectivity index (χ1v) is 9.75. The van der Waals surface area contributed by atoms with Crippen molar-refractivity contribution >= 4 is 17.7 Å². The van der Waals surface area contributed by atoms with Gasteiger partial charge in [0, 0.05) is 30.2 Å². The van der Waals surface area contributed by atoms with Crippen molar-refractivity contribution in [2.45, 2.75) is 52.7 Å². The van der Waals surface area contributed by atoms with Gasteiger partial charge in [0.15, 0.2) is 0 Å². The molecule has 0 aliphatic carbocycles. The summed E-state index contributed by atoms with van der Waals surface area (Å²) in [5.74, 6) is 1.32. The Kier molecular flexibility index (Phi) is 7.59. The molecule has 0 aromatic heterocycles. The molecule has 146 valence electrons. The molecule has 1 aliphatic rings. The van der Waals surface area contributed by atoms with Crippen LogP contribution in [0, 0.1) is 5.92 Å². The summed E-state index contributed by atoms with van der Waals surface area (Å²) in [4.78, 5) is 14.3. The van der Waals surface area contributed by atoms with E-state index in [-0.39, 0.29) is 6.09 Å². The molecule has 1 atom stereocenters. The van der Waals surface area contributed by atoms with Gasteiger partial charge in [-0.1, -0.05) is 11.6 Å². The number of carbonyl (C=O) groups excluding carboxylic acids is 1. The molecule has 1 aromatic carbocycles. The quantitative estimate of drug-likeness (QED) is 0.788. The van der Waals surface area contributed by atoms with Crippen LogP contribution in [0.3, 0.4) is 0 Å². The second-order valence-electron chi connectivity index (χ2n) is 7.81. The first kappa shape index (κ1) is 20.8. The van der Waals surface area contributed by atoms with Gasteiger partial charge in [0.05, 0.1) is 6.61 Å². The molecule has 0 unspecified atom stereocenters. The molecule has 0 bridgehead atoms. The van der Waals surface area contributed by atoms with Gasteiger partial charge >= 0.3 is 6.09 Å². The molecule has 6 heteroatoms. The number of hydrogen-bond acceptors (Lipinski definition) is 4. The van der Waals surface area contributed by atoms with Gasteiger partial charge < -0.3 is 14.8 Å². The number of hydrogen-bond donors (Lipinski definition) is 1. The summed E-state index contributed by atoms with van der Waals surface area (Å²) in [7, 11) is 0. The first-order valence-electron chi connectivity index (χ1n) is 9.37. The van der Waals surface area contributed by atoms with Crippen LogP contribution in [0.2, 0.25) is 5.02 Å². The topological polar surface area (TPSA) is 50.8 Å². The zero-order valence-corrected chi connectivity index (χ0v) is 17.1. The molecule has 0 saturated carbocycles. The lowest BCUT2D eigenvalue weighted by Crippen LogP contribution is -2.41. The van der Waals surface area contributed by atoms with E-state index in [9.17, 15) is 4.79 Å². The van der Waals surface area contributed by atoms with Gasteiger partial charge in [-0.3, -0.25) is 4.90 Å². The highest BCUT2D eigenvalue weighted by Gasteiger charge is 2.23. The highest BCUT2D eigenvalue weighted by molar-refractivity contribution is 6.30. The zero-order chi connectivity index (χ0) is 19.2. The molecule has 0 radical (unpaired) electrons. The monoisotopic (exact) mass is 382 g/mol. The molecular weight excluding hydrogens is 352 g/mol. The van der Waals surface area contributed by atoms with E-state index in [4.69, 9.17) is 21.1 Å². The lowest BCUT2D eigenvalue weighted by atomic mass is 9.97. The summed E-state index contributed by atoms with van der Waals surface area (Å²) in [6, 6.07) is 5.78. The molecule has 1 saturated heterocycles. The van der Waals surface area contributed by atoms with E-state index in [2.05, 4.69) is 10.2 Å². The van der Waals surface area contributed by atoms with Crippen LogP contribution in [0.5, 0.6) is 5.75 Å². The number of halogens is 1. The Morgan fingerprint density at radius 3 is 2.85 bits per heavy atom. The predicted molar refractivity (Wildman–Crippen MR) is 105 cm³/mol. The lowest BCUT2D eigenvalue weighted by Gasteiger charge is -2.33. The number of alkyl carbamates (subject to hydrolysis) is 1. The van der Waals surface area contributed by atoms with Gasteiger partial charge in [-0.25, -0.2) is 4.79 Å². The van der Waals surface area contributed by atoms with Gasteiger partial charge in [0.2, 0.25) is 0 Å². The Bertz CT molecular complexity index is 601. The lowest BCUT2D eigenvalue weighted by molar-refractivity contribution is 0.0506. The van der Waals surface area contributed by atoms with Crippen LogP contribution in [0.4, 0.5) is 4.79 Å². The van der Waals surface area contributed by atoms with E-state index in [0.29, 0.717) is 19.1 Å². The summed E-state index contributed by atoms with van der Waals surface area (Å²) in [6.07, 6.45) is 1.88. The number of amides is 1. The smallest absolute Gasteiger partial charge is 0.407 e. The van der Waals surface area contributed by atoms with Crippen molar-refractivity contribution in [2.75, 3.05) is 26.2 Å². The third kappa shape index (κ3) is 7.04. The summed E-state index contributed by atoms with van der Waals surface area (Å²) >= 11 is 6.17. The molecule has 1 aromatic rings. The first-order chi connectivity index (χ1) is 12.3. The molecule has 1 heterocycles. The minimum absolute atomic E-state index is 0.344. The maximum atomic E-state index is 11.8. The van der Waals surface area contributed by atoms with Crippen LogP contribution in [0.1, 0.15) is 46.1 Å². The third-order valence-electron chi connectivity index (χ3n) is 4.25. The number of likely N-dealkylation sites (tertiary alicyclic amines) is 1. The Labute approximate surface area is 162 Å². The molecule has 1 N–H and O–H groups in total. The van der Waals surface area contributed by atoms with Crippen molar-refractivity contribution < 1.29 is 14.3 Å². The summed E-state index contributed by atoms with van der Waals surface area (Å²) in [5.41, 5.74) is 0.644. The van der Waals surface area contributed by atoms with E-state index in [0.717, 1.165) is 48.8 Å². The maximum Gasteiger partial charge on any atom is 0.407 e. The second-order valence-corrected chi connectivity index (χ2v) is 8.25. The maximum absolute atomic E-state index is 11.8. The Hall–Kier alpha value is -1.46. The van der Waals surface area contributed by atoms with Gasteiger partial charge in [-0.2, -0.15) is 0 Å². The molecule has 0 spiro atoms. The minimum atomic E-state index is -0.467. The van der Waals surface area contributed by atoms with Crippen molar-refractivity contribution in [3.8, 4) is 5.75 Å². The Balaban J connectivity index is 1.88. The fourth-order valence-corrected chi connectivity index (χ4v) is 3.41. The minimum Gasteiger partial charge on any atom is -0.494 e. The number of benzene rings is 1. The number of rotatable bonds is 6. The molecule has 1 fully saturated rings. The largest absolute Gasteiger partial charge is 0.494 e. The summed E-state index contributed by atoms with van der Waals surface area (Å²) in [6.45, 7) is 11.7. The second kappa shape index (κ2) is 9.47. The number of nitrogens with one attached hydrogen (secondary N) is 1. The highest BCUT2D eigenvalue weighted by Crippen LogP contribution is 2.26. The molecular formula is C20H31ClN2O3. The molecule has 2 rings (SSSR count). The van der Waals surface area contributed by atoms with Crippen LogP contribution in [0.25, 0.3) is 0 Å².